The predicted molar refractivity (Wildman–Crippen MR) is 138 cm³/mol. The molecule has 4 aromatic rings. The van der Waals surface area contributed by atoms with Gasteiger partial charge in [-0.3, -0.25) is 9.10 Å². The van der Waals surface area contributed by atoms with Crippen molar-refractivity contribution in [3.8, 4) is 22.8 Å². The molecular weight excluding hydrogens is 499 g/mol. The number of anilines is 1. The lowest BCUT2D eigenvalue weighted by Gasteiger charge is -2.32. The van der Waals surface area contributed by atoms with Gasteiger partial charge >= 0.3 is 0 Å². The average molecular weight is 525 g/mol. The third-order valence-electron chi connectivity index (χ3n) is 6.11. The quantitative estimate of drug-likeness (QED) is 0.356. The van der Waals surface area contributed by atoms with Gasteiger partial charge in [0, 0.05) is 36.5 Å². The van der Waals surface area contributed by atoms with Crippen molar-refractivity contribution in [1.29, 1.82) is 0 Å². The number of hydrogen-bond donors (Lipinski definition) is 1. The summed E-state index contributed by atoms with van der Waals surface area (Å²) >= 11 is 0. The molecule has 1 amide bonds. The summed E-state index contributed by atoms with van der Waals surface area (Å²) in [5.41, 5.74) is 1.81. The largest absolute Gasteiger partial charge is 0.457 e. The fourth-order valence-electron chi connectivity index (χ4n) is 4.16. The van der Waals surface area contributed by atoms with Crippen LogP contribution in [0.25, 0.3) is 22.3 Å². The first-order chi connectivity index (χ1) is 17.7. The number of carbonyl (C=O) groups excluding carboxylic acids is 1. The van der Waals surface area contributed by atoms with E-state index in [4.69, 9.17) is 13.9 Å². The number of fused-ring (bicyclic) bond motifs is 1. The summed E-state index contributed by atoms with van der Waals surface area (Å²) in [6, 6.07) is 17.6. The summed E-state index contributed by atoms with van der Waals surface area (Å²) in [7, 11) is -2.01. The Morgan fingerprint density at radius 3 is 2.27 bits per heavy atom. The highest BCUT2D eigenvalue weighted by Gasteiger charge is 2.28. The van der Waals surface area contributed by atoms with Crippen LogP contribution in [0, 0.1) is 11.7 Å². The van der Waals surface area contributed by atoms with Gasteiger partial charge < -0.3 is 19.2 Å². The third kappa shape index (κ3) is 5.16. The van der Waals surface area contributed by atoms with E-state index in [-0.39, 0.29) is 17.6 Å². The van der Waals surface area contributed by atoms with E-state index in [0.29, 0.717) is 64.8 Å². The number of nitrogens with zero attached hydrogens (tertiary/aromatic N) is 1. The molecule has 1 aromatic heterocycles. The normalized spacial score (nSPS) is 13.8. The molecule has 0 atom stereocenters. The molecule has 8 nitrogen and oxygen atoms in total. The molecule has 5 rings (SSSR count). The number of halogens is 1. The SMILES string of the molecule is CNC(=O)c1c(-c2ccc(Oc3ccc(F)cc3)cc2)oc2cc(N(CC3COC3)S(C)(=O)=O)ccc12. The molecule has 2 heterocycles. The van der Waals surface area contributed by atoms with Crippen LogP contribution < -0.4 is 14.4 Å². The Hall–Kier alpha value is -3.89. The Morgan fingerprint density at radius 2 is 1.70 bits per heavy atom. The summed E-state index contributed by atoms with van der Waals surface area (Å²) in [6.07, 6.45) is 1.16. The van der Waals surface area contributed by atoms with Gasteiger partial charge in [-0.25, -0.2) is 12.8 Å². The molecule has 1 aliphatic heterocycles. The van der Waals surface area contributed by atoms with Crippen molar-refractivity contribution in [3.05, 3.63) is 78.1 Å². The summed E-state index contributed by atoms with van der Waals surface area (Å²) in [5, 5.41) is 3.21. The highest BCUT2D eigenvalue weighted by atomic mass is 32.2. The fourth-order valence-corrected chi connectivity index (χ4v) is 5.14. The minimum atomic E-state index is -3.55. The summed E-state index contributed by atoms with van der Waals surface area (Å²) in [4.78, 5) is 12.8. The first-order valence-electron chi connectivity index (χ1n) is 11.6. The van der Waals surface area contributed by atoms with Crippen molar-refractivity contribution in [2.24, 2.45) is 5.92 Å². The van der Waals surface area contributed by atoms with E-state index >= 15 is 0 Å². The highest BCUT2D eigenvalue weighted by Crippen LogP contribution is 2.37. The van der Waals surface area contributed by atoms with Gasteiger partial charge in [-0.15, -0.1) is 0 Å². The average Bonchev–Trinajstić information content (AvgIpc) is 3.22. The minimum Gasteiger partial charge on any atom is -0.457 e. The van der Waals surface area contributed by atoms with E-state index < -0.39 is 10.0 Å². The standard InChI is InChI=1S/C27H25FN2O6S/c1-29-27(31)25-23-12-7-20(30(37(2,32)33)14-17-15-34-16-17)13-24(23)36-26(25)18-3-8-21(9-4-18)35-22-10-5-19(28)6-11-22/h3-13,17H,14-16H2,1-2H3,(H,29,31). The van der Waals surface area contributed by atoms with Crippen LogP contribution in [0.3, 0.4) is 0 Å². The molecule has 0 spiro atoms. The van der Waals surface area contributed by atoms with Crippen LogP contribution in [0.5, 0.6) is 11.5 Å². The minimum absolute atomic E-state index is 0.120. The fraction of sp³-hybridized carbons (Fsp3) is 0.222. The van der Waals surface area contributed by atoms with Crippen LogP contribution in [-0.4, -0.2) is 47.4 Å². The van der Waals surface area contributed by atoms with Gasteiger partial charge in [0.2, 0.25) is 10.0 Å². The lowest BCUT2D eigenvalue weighted by Crippen LogP contribution is -2.42. The lowest BCUT2D eigenvalue weighted by atomic mass is 10.0. The maximum Gasteiger partial charge on any atom is 0.255 e. The molecule has 37 heavy (non-hydrogen) atoms. The zero-order chi connectivity index (χ0) is 26.2. The first-order valence-corrected chi connectivity index (χ1v) is 13.5. The molecule has 10 heteroatoms. The second-order valence-corrected chi connectivity index (χ2v) is 10.8. The van der Waals surface area contributed by atoms with Crippen molar-refractivity contribution in [1.82, 2.24) is 5.32 Å². The second-order valence-electron chi connectivity index (χ2n) is 8.84. The Kier molecular flexibility index (Phi) is 6.61. The molecule has 0 saturated carbocycles. The van der Waals surface area contributed by atoms with Gasteiger partial charge in [0.05, 0.1) is 30.7 Å². The van der Waals surface area contributed by atoms with Crippen LogP contribution in [0.1, 0.15) is 10.4 Å². The molecule has 1 N–H and O–H groups in total. The molecule has 0 aliphatic carbocycles. The number of rotatable bonds is 8. The number of nitrogens with one attached hydrogen (secondary N) is 1. The Labute approximate surface area is 213 Å². The van der Waals surface area contributed by atoms with E-state index in [1.165, 1.54) is 35.6 Å². The zero-order valence-electron chi connectivity index (χ0n) is 20.2. The van der Waals surface area contributed by atoms with Gasteiger partial charge in [-0.05, 0) is 60.7 Å². The smallest absolute Gasteiger partial charge is 0.255 e. The Morgan fingerprint density at radius 1 is 1.05 bits per heavy atom. The van der Waals surface area contributed by atoms with Crippen LogP contribution in [0.4, 0.5) is 10.1 Å². The monoisotopic (exact) mass is 524 g/mol. The topological polar surface area (TPSA) is 98.1 Å². The molecule has 0 bridgehead atoms. The third-order valence-corrected chi connectivity index (χ3v) is 7.27. The number of furan rings is 1. The van der Waals surface area contributed by atoms with Gasteiger partial charge in [-0.2, -0.15) is 0 Å². The van der Waals surface area contributed by atoms with E-state index in [1.54, 1.807) is 42.5 Å². The van der Waals surface area contributed by atoms with E-state index in [0.717, 1.165) is 6.26 Å². The summed E-state index contributed by atoms with van der Waals surface area (Å²) in [6.45, 7) is 1.33. The van der Waals surface area contributed by atoms with Crippen LogP contribution >= 0.6 is 0 Å². The van der Waals surface area contributed by atoms with Crippen LogP contribution in [0.15, 0.2) is 71.1 Å². The van der Waals surface area contributed by atoms with Gasteiger partial charge in [0.15, 0.2) is 0 Å². The molecule has 1 aliphatic rings. The first kappa shape index (κ1) is 24.8. The van der Waals surface area contributed by atoms with Crippen LogP contribution in [0.2, 0.25) is 0 Å². The second kappa shape index (κ2) is 9.87. The number of benzene rings is 3. The number of carbonyl (C=O) groups is 1. The number of ether oxygens (including phenoxy) is 2. The molecule has 0 radical (unpaired) electrons. The maximum absolute atomic E-state index is 13.2. The lowest BCUT2D eigenvalue weighted by molar-refractivity contribution is -0.0262. The molecular formula is C27H25FN2O6S. The van der Waals surface area contributed by atoms with E-state index in [2.05, 4.69) is 5.32 Å². The summed E-state index contributed by atoms with van der Waals surface area (Å²) in [5.74, 6) is 0.793. The number of hydrogen-bond acceptors (Lipinski definition) is 6. The maximum atomic E-state index is 13.2. The number of amides is 1. The van der Waals surface area contributed by atoms with Crippen molar-refractivity contribution < 1.29 is 31.5 Å². The Bertz CT molecular complexity index is 1540. The van der Waals surface area contributed by atoms with Crippen molar-refractivity contribution in [2.75, 3.05) is 37.4 Å². The predicted octanol–water partition coefficient (Wildman–Crippen LogP) is 4.80. The molecule has 192 valence electrons. The van der Waals surface area contributed by atoms with Gasteiger partial charge in [0.25, 0.3) is 5.91 Å². The Balaban J connectivity index is 1.51. The highest BCUT2D eigenvalue weighted by molar-refractivity contribution is 7.92. The van der Waals surface area contributed by atoms with Crippen molar-refractivity contribution in [3.63, 3.8) is 0 Å². The van der Waals surface area contributed by atoms with Crippen molar-refractivity contribution in [2.45, 2.75) is 0 Å². The van der Waals surface area contributed by atoms with E-state index in [9.17, 15) is 17.6 Å². The molecule has 0 unspecified atom stereocenters. The zero-order valence-corrected chi connectivity index (χ0v) is 21.0. The molecule has 1 saturated heterocycles. The van der Waals surface area contributed by atoms with Crippen molar-refractivity contribution >= 4 is 32.6 Å². The van der Waals surface area contributed by atoms with Gasteiger partial charge in [-0.1, -0.05) is 0 Å². The number of sulfonamides is 1. The van der Waals surface area contributed by atoms with E-state index in [1.807, 2.05) is 0 Å². The molecule has 3 aromatic carbocycles. The molecule has 1 fully saturated rings. The van der Waals surface area contributed by atoms with Crippen LogP contribution in [-0.2, 0) is 14.8 Å². The summed E-state index contributed by atoms with van der Waals surface area (Å²) < 4.78 is 56.6. The van der Waals surface area contributed by atoms with Gasteiger partial charge in [0.1, 0.15) is 28.7 Å².